The van der Waals surface area contributed by atoms with Crippen molar-refractivity contribution in [1.82, 2.24) is 9.88 Å². The van der Waals surface area contributed by atoms with Crippen molar-refractivity contribution in [2.45, 2.75) is 79.8 Å². The minimum Gasteiger partial charge on any atom is -0.388 e. The summed E-state index contributed by atoms with van der Waals surface area (Å²) >= 11 is 7.54. The predicted molar refractivity (Wildman–Crippen MR) is 145 cm³/mol. The van der Waals surface area contributed by atoms with Gasteiger partial charge in [0.25, 0.3) is 0 Å². The molecule has 7 heteroatoms. The van der Waals surface area contributed by atoms with Crippen molar-refractivity contribution in [2.24, 2.45) is 11.3 Å². The molecule has 3 N–H and O–H groups in total. The number of nitrogens with one attached hydrogen (secondary N) is 1. The van der Waals surface area contributed by atoms with E-state index in [0.717, 1.165) is 54.0 Å². The maximum absolute atomic E-state index is 12.0. The van der Waals surface area contributed by atoms with Gasteiger partial charge in [-0.2, -0.15) is 0 Å². The molecule has 6 nitrogen and oxygen atoms in total. The standard InChI is InChI=1S/C30H35ClN2O4/c1-27-8-10-29(31)14-21-25(35)26(36)22(33(2)3)15-28(21)9-11-30(29,37-28)23(27)7-6-20(27)17-4-5-18-16-32-24(34)13-19(18)12-17/h4-6,12-14,16,22-23,25-26,35-36H,7-11,15H2,1-3H3,(H,32,34). The fourth-order valence-electron chi connectivity index (χ4n) is 8.76. The summed E-state index contributed by atoms with van der Waals surface area (Å²) in [5.41, 5.74) is 1.94. The van der Waals surface area contributed by atoms with E-state index in [9.17, 15) is 15.0 Å². The highest BCUT2D eigenvalue weighted by atomic mass is 35.5. The van der Waals surface area contributed by atoms with Crippen LogP contribution in [0.3, 0.4) is 0 Å². The molecule has 37 heavy (non-hydrogen) atoms. The van der Waals surface area contributed by atoms with Crippen LogP contribution in [0.5, 0.6) is 0 Å². The van der Waals surface area contributed by atoms with E-state index < -0.39 is 28.3 Å². The molecule has 1 aromatic carbocycles. The number of hydrogen-bond donors (Lipinski definition) is 3. The smallest absolute Gasteiger partial charge is 0.248 e. The number of H-pyrrole nitrogens is 1. The third-order valence-electron chi connectivity index (χ3n) is 10.7. The Morgan fingerprint density at radius 3 is 2.70 bits per heavy atom. The molecule has 5 aliphatic rings. The summed E-state index contributed by atoms with van der Waals surface area (Å²) in [7, 11) is 3.90. The molecule has 3 fully saturated rings. The average Bonchev–Trinajstić information content (AvgIpc) is 3.39. The molecule has 0 amide bonds. The van der Waals surface area contributed by atoms with Gasteiger partial charge in [0.2, 0.25) is 5.56 Å². The van der Waals surface area contributed by atoms with Gasteiger partial charge in [0, 0.05) is 24.2 Å². The molecule has 196 valence electrons. The lowest BCUT2D eigenvalue weighted by molar-refractivity contribution is -0.199. The number of hydrogen-bond acceptors (Lipinski definition) is 5. The molecular formula is C30H35ClN2O4. The fourth-order valence-corrected chi connectivity index (χ4v) is 9.24. The summed E-state index contributed by atoms with van der Waals surface area (Å²) < 4.78 is 7.26. The Morgan fingerprint density at radius 1 is 1.11 bits per heavy atom. The highest BCUT2D eigenvalue weighted by molar-refractivity contribution is 6.26. The second-order valence-corrected chi connectivity index (χ2v) is 13.3. The Hall–Kier alpha value is -1.96. The van der Waals surface area contributed by atoms with E-state index in [4.69, 9.17) is 16.3 Å². The maximum atomic E-state index is 12.0. The number of halogens is 1. The van der Waals surface area contributed by atoms with Crippen molar-refractivity contribution < 1.29 is 14.9 Å². The summed E-state index contributed by atoms with van der Waals surface area (Å²) in [6.07, 6.45) is 9.23. The molecule has 7 rings (SSSR count). The molecule has 0 radical (unpaired) electrons. The van der Waals surface area contributed by atoms with E-state index in [-0.39, 0.29) is 22.9 Å². The lowest BCUT2D eigenvalue weighted by atomic mass is 9.54. The summed E-state index contributed by atoms with van der Waals surface area (Å²) in [6, 6.07) is 7.87. The van der Waals surface area contributed by atoms with Crippen molar-refractivity contribution in [3.63, 3.8) is 0 Å². The van der Waals surface area contributed by atoms with E-state index in [1.54, 1.807) is 12.3 Å². The number of ether oxygens (including phenoxy) is 1. The van der Waals surface area contributed by atoms with Crippen molar-refractivity contribution in [3.8, 4) is 0 Å². The summed E-state index contributed by atoms with van der Waals surface area (Å²) in [6.45, 7) is 2.36. The Morgan fingerprint density at radius 2 is 1.92 bits per heavy atom. The van der Waals surface area contributed by atoms with Gasteiger partial charge in [-0.05, 0) is 91.6 Å². The predicted octanol–water partition coefficient (Wildman–Crippen LogP) is 3.99. The highest BCUT2D eigenvalue weighted by Gasteiger charge is 2.73. The van der Waals surface area contributed by atoms with Crippen molar-refractivity contribution in [1.29, 1.82) is 0 Å². The van der Waals surface area contributed by atoms with Crippen LogP contribution >= 0.6 is 11.6 Å². The van der Waals surface area contributed by atoms with Crippen LogP contribution < -0.4 is 5.56 Å². The van der Waals surface area contributed by atoms with Gasteiger partial charge in [-0.1, -0.05) is 31.2 Å². The lowest BCUT2D eigenvalue weighted by Crippen LogP contribution is -2.68. The van der Waals surface area contributed by atoms with Crippen LogP contribution in [0.2, 0.25) is 0 Å². The summed E-state index contributed by atoms with van der Waals surface area (Å²) in [4.78, 5) is 16.0. The average molecular weight is 523 g/mol. The third-order valence-corrected chi connectivity index (χ3v) is 11.3. The first kappa shape index (κ1) is 24.1. The molecule has 2 spiro atoms. The molecule has 3 heterocycles. The van der Waals surface area contributed by atoms with Crippen molar-refractivity contribution >= 4 is 27.9 Å². The van der Waals surface area contributed by atoms with Gasteiger partial charge in [-0.3, -0.25) is 4.79 Å². The van der Waals surface area contributed by atoms with Gasteiger partial charge in [-0.25, -0.2) is 0 Å². The second kappa shape index (κ2) is 7.57. The molecule has 2 aliphatic heterocycles. The number of rotatable bonds is 2. The first-order valence-electron chi connectivity index (χ1n) is 13.5. The Bertz CT molecular complexity index is 1430. The molecule has 1 aromatic heterocycles. The van der Waals surface area contributed by atoms with Crippen molar-refractivity contribution in [2.75, 3.05) is 14.1 Å². The number of allylic oxidation sites excluding steroid dienone is 2. The second-order valence-electron chi connectivity index (χ2n) is 12.6. The number of aliphatic hydroxyl groups is 2. The van der Waals surface area contributed by atoms with Gasteiger partial charge in [0.1, 0.15) is 6.10 Å². The topological polar surface area (TPSA) is 85.8 Å². The van der Waals surface area contributed by atoms with Crippen LogP contribution in [0.15, 0.2) is 53.0 Å². The molecule has 1 saturated heterocycles. The minimum absolute atomic E-state index is 0.0946. The lowest BCUT2D eigenvalue weighted by Gasteiger charge is -2.61. The molecule has 8 unspecified atom stereocenters. The number of pyridine rings is 1. The minimum atomic E-state index is -0.973. The number of aromatic amines is 1. The van der Waals surface area contributed by atoms with Crippen LogP contribution in [-0.2, 0) is 4.74 Å². The number of alkyl halides is 1. The van der Waals surface area contributed by atoms with Gasteiger partial charge >= 0.3 is 0 Å². The number of fused-ring (bicyclic) bond motifs is 2. The summed E-state index contributed by atoms with van der Waals surface area (Å²) in [5, 5.41) is 24.1. The van der Waals surface area contributed by atoms with Gasteiger partial charge < -0.3 is 24.8 Å². The highest BCUT2D eigenvalue weighted by Crippen LogP contribution is 2.71. The fraction of sp³-hybridized carbons (Fsp3) is 0.567. The Balaban J connectivity index is 1.30. The molecule has 2 saturated carbocycles. The largest absolute Gasteiger partial charge is 0.388 e. The first-order chi connectivity index (χ1) is 17.5. The molecule has 2 aromatic rings. The number of nitrogens with zero attached hydrogens (tertiary/aromatic N) is 1. The van der Waals surface area contributed by atoms with E-state index in [2.05, 4.69) is 42.3 Å². The van der Waals surface area contributed by atoms with E-state index in [1.165, 1.54) is 5.57 Å². The third kappa shape index (κ3) is 2.99. The van der Waals surface area contributed by atoms with E-state index in [0.29, 0.717) is 6.42 Å². The van der Waals surface area contributed by atoms with Crippen LogP contribution in [-0.4, -0.2) is 68.5 Å². The van der Waals surface area contributed by atoms with Crippen LogP contribution in [0, 0.1) is 11.3 Å². The van der Waals surface area contributed by atoms with Gasteiger partial charge in [0.05, 0.1) is 22.2 Å². The number of aromatic nitrogens is 1. The van der Waals surface area contributed by atoms with Crippen molar-refractivity contribution in [3.05, 3.63) is 64.1 Å². The maximum Gasteiger partial charge on any atom is 0.248 e. The van der Waals surface area contributed by atoms with Crippen LogP contribution in [0.25, 0.3) is 16.3 Å². The number of likely N-dealkylation sites (N-methyl/N-ethyl adjacent to an activating group) is 1. The first-order valence-corrected chi connectivity index (χ1v) is 13.9. The van der Waals surface area contributed by atoms with Crippen LogP contribution in [0.1, 0.15) is 51.0 Å². The monoisotopic (exact) mass is 522 g/mol. The zero-order chi connectivity index (χ0) is 26.0. The Labute approximate surface area is 222 Å². The SMILES string of the molecule is CN(C)C1CC23CCC4(O2)C2CC=C(c5ccc6c[nH]c(=O)cc6c5)C2(C)CCC4(Cl)C=C3C(O)C1O. The molecule has 8 atom stereocenters. The number of benzene rings is 1. The normalized spacial score (nSPS) is 44.3. The molecule has 3 aliphatic carbocycles. The molecular weight excluding hydrogens is 488 g/mol. The van der Waals surface area contributed by atoms with E-state index >= 15 is 0 Å². The zero-order valence-corrected chi connectivity index (χ0v) is 22.4. The van der Waals surface area contributed by atoms with Gasteiger partial charge in [-0.15, -0.1) is 11.6 Å². The Kier molecular flexibility index (Phi) is 4.94. The summed E-state index contributed by atoms with van der Waals surface area (Å²) in [5.74, 6) is 0.204. The quantitative estimate of drug-likeness (QED) is 0.410. The van der Waals surface area contributed by atoms with E-state index in [1.807, 2.05) is 19.0 Å². The number of aliphatic hydroxyl groups excluding tert-OH is 2. The van der Waals surface area contributed by atoms with Gasteiger partial charge in [0.15, 0.2) is 0 Å². The molecule has 2 bridgehead atoms. The zero-order valence-electron chi connectivity index (χ0n) is 21.6. The van der Waals surface area contributed by atoms with Crippen LogP contribution in [0.4, 0.5) is 0 Å².